The van der Waals surface area contributed by atoms with E-state index in [1.807, 2.05) is 43.5 Å². The summed E-state index contributed by atoms with van der Waals surface area (Å²) in [7, 11) is 0. The minimum absolute atomic E-state index is 0.199. The van der Waals surface area contributed by atoms with Crippen LogP contribution in [-0.4, -0.2) is 15.4 Å². The third-order valence-electron chi connectivity index (χ3n) is 3.08. The summed E-state index contributed by atoms with van der Waals surface area (Å²) < 4.78 is 1.63. The van der Waals surface area contributed by atoms with Crippen molar-refractivity contribution in [1.29, 1.82) is 0 Å². The molecule has 0 aliphatic heterocycles. The maximum Gasteiger partial charge on any atom is 0.348 e. The molecule has 0 amide bonds. The van der Waals surface area contributed by atoms with Crippen LogP contribution in [0.15, 0.2) is 41.3 Å². The summed E-state index contributed by atoms with van der Waals surface area (Å²) in [5.74, 6) is 0.628. The van der Waals surface area contributed by atoms with Crippen LogP contribution in [0.4, 0.5) is 0 Å². The molecule has 1 heterocycles. The summed E-state index contributed by atoms with van der Waals surface area (Å²) in [6.45, 7) is 2.69. The first kappa shape index (κ1) is 13.8. The lowest BCUT2D eigenvalue weighted by Gasteiger charge is -2.07. The van der Waals surface area contributed by atoms with Crippen molar-refractivity contribution in [2.24, 2.45) is 0 Å². The van der Waals surface area contributed by atoms with Gasteiger partial charge < -0.3 is 0 Å². The van der Waals surface area contributed by atoms with E-state index in [1.54, 1.807) is 4.57 Å². The lowest BCUT2D eigenvalue weighted by atomic mass is 10.1. The maximum atomic E-state index is 11.9. The predicted molar refractivity (Wildman–Crippen MR) is 78.6 cm³/mol. The number of rotatable bonds is 5. The monoisotopic (exact) mass is 276 g/mol. The Bertz CT molecular complexity index is 607. The Morgan fingerprint density at radius 1 is 1.21 bits per heavy atom. The number of alkyl halides is 1. The Balaban J connectivity index is 2.24. The zero-order valence-corrected chi connectivity index (χ0v) is 11.7. The van der Waals surface area contributed by atoms with Gasteiger partial charge in [0.05, 0.1) is 5.69 Å². The van der Waals surface area contributed by atoms with Gasteiger partial charge in [-0.05, 0) is 31.4 Å². The molecule has 0 bridgehead atoms. The molecule has 1 aromatic carbocycles. The topological polar surface area (TPSA) is 34.9 Å². The van der Waals surface area contributed by atoms with E-state index in [0.29, 0.717) is 12.4 Å². The van der Waals surface area contributed by atoms with E-state index >= 15 is 0 Å². The number of unbranched alkanes of at least 4 members (excludes halogenated alkanes) is 1. The predicted octanol–water partition coefficient (Wildman–Crippen LogP) is 3.24. The number of aromatic nitrogens is 2. The van der Waals surface area contributed by atoms with E-state index in [-0.39, 0.29) is 5.69 Å². The molecule has 0 aliphatic carbocycles. The van der Waals surface area contributed by atoms with Gasteiger partial charge in [0.15, 0.2) is 0 Å². The Morgan fingerprint density at radius 3 is 2.68 bits per heavy atom. The molecular formula is C15H17ClN2O. The summed E-state index contributed by atoms with van der Waals surface area (Å²) in [4.78, 5) is 16.1. The van der Waals surface area contributed by atoms with Crippen molar-refractivity contribution in [2.75, 3.05) is 5.88 Å². The van der Waals surface area contributed by atoms with Crippen LogP contribution >= 0.6 is 11.6 Å². The van der Waals surface area contributed by atoms with Gasteiger partial charge in [0.2, 0.25) is 0 Å². The minimum atomic E-state index is -0.199. The van der Waals surface area contributed by atoms with Gasteiger partial charge in [-0.3, -0.25) is 4.57 Å². The molecule has 100 valence electrons. The Kier molecular flexibility index (Phi) is 4.74. The Hall–Kier alpha value is -1.61. The summed E-state index contributed by atoms with van der Waals surface area (Å²) >= 11 is 5.63. The molecule has 3 nitrogen and oxygen atoms in total. The summed E-state index contributed by atoms with van der Waals surface area (Å²) in [5.41, 5.74) is 2.66. The molecule has 1 aromatic heterocycles. The van der Waals surface area contributed by atoms with Crippen molar-refractivity contribution in [3.63, 3.8) is 0 Å². The summed E-state index contributed by atoms with van der Waals surface area (Å²) in [6, 6.07) is 9.82. The van der Waals surface area contributed by atoms with Crippen molar-refractivity contribution in [2.45, 2.75) is 26.3 Å². The van der Waals surface area contributed by atoms with Gasteiger partial charge >= 0.3 is 5.69 Å². The first-order valence-electron chi connectivity index (χ1n) is 6.42. The molecule has 0 N–H and O–H groups in total. The molecule has 0 radical (unpaired) electrons. The van der Waals surface area contributed by atoms with Crippen molar-refractivity contribution < 1.29 is 0 Å². The first-order valence-corrected chi connectivity index (χ1v) is 6.95. The first-order chi connectivity index (χ1) is 9.22. The van der Waals surface area contributed by atoms with E-state index in [4.69, 9.17) is 11.6 Å². The fourth-order valence-electron chi connectivity index (χ4n) is 1.99. The molecule has 2 rings (SSSR count). The fourth-order valence-corrected chi connectivity index (χ4v) is 2.17. The van der Waals surface area contributed by atoms with Crippen LogP contribution < -0.4 is 5.69 Å². The standard InChI is InChI=1S/C15H17ClN2O/c1-12-6-2-3-7-13(12)14-8-11-18(15(19)17-14)10-5-4-9-16/h2-3,6-8,11H,4-5,9-10H2,1H3. The number of hydrogen-bond donors (Lipinski definition) is 0. The van der Waals surface area contributed by atoms with E-state index in [1.165, 1.54) is 0 Å². The molecule has 0 atom stereocenters. The smallest absolute Gasteiger partial charge is 0.299 e. The SMILES string of the molecule is Cc1ccccc1-c1ccn(CCCCCl)c(=O)n1. The lowest BCUT2D eigenvalue weighted by molar-refractivity contribution is 0.601. The highest BCUT2D eigenvalue weighted by molar-refractivity contribution is 6.17. The van der Waals surface area contributed by atoms with E-state index < -0.39 is 0 Å². The van der Waals surface area contributed by atoms with Gasteiger partial charge in [0.1, 0.15) is 0 Å². The molecule has 0 saturated heterocycles. The number of benzene rings is 1. The lowest BCUT2D eigenvalue weighted by Crippen LogP contribution is -2.22. The largest absolute Gasteiger partial charge is 0.348 e. The van der Waals surface area contributed by atoms with E-state index in [2.05, 4.69) is 4.98 Å². The van der Waals surface area contributed by atoms with Gasteiger partial charge in [-0.1, -0.05) is 24.3 Å². The Labute approximate surface area is 117 Å². The van der Waals surface area contributed by atoms with Crippen molar-refractivity contribution in [1.82, 2.24) is 9.55 Å². The average Bonchev–Trinajstić information content (AvgIpc) is 2.41. The zero-order valence-electron chi connectivity index (χ0n) is 11.0. The van der Waals surface area contributed by atoms with Crippen LogP contribution in [0.25, 0.3) is 11.3 Å². The third kappa shape index (κ3) is 3.44. The van der Waals surface area contributed by atoms with Crippen molar-refractivity contribution in [3.05, 3.63) is 52.6 Å². The zero-order chi connectivity index (χ0) is 13.7. The van der Waals surface area contributed by atoms with Gasteiger partial charge in [0.25, 0.3) is 0 Å². The van der Waals surface area contributed by atoms with Crippen LogP contribution in [0.3, 0.4) is 0 Å². The molecule has 0 unspecified atom stereocenters. The molecule has 19 heavy (non-hydrogen) atoms. The second-order valence-corrected chi connectivity index (χ2v) is 4.88. The van der Waals surface area contributed by atoms with Gasteiger partial charge in [0, 0.05) is 24.2 Å². The van der Waals surface area contributed by atoms with Crippen LogP contribution in [0.2, 0.25) is 0 Å². The van der Waals surface area contributed by atoms with Gasteiger partial charge in [-0.2, -0.15) is 4.98 Å². The van der Waals surface area contributed by atoms with Crippen molar-refractivity contribution in [3.8, 4) is 11.3 Å². The summed E-state index contributed by atoms with van der Waals surface area (Å²) in [5, 5.41) is 0. The minimum Gasteiger partial charge on any atom is -0.299 e. The maximum absolute atomic E-state index is 11.9. The van der Waals surface area contributed by atoms with E-state index in [9.17, 15) is 4.79 Å². The molecule has 4 heteroatoms. The molecule has 2 aromatic rings. The van der Waals surface area contributed by atoms with Crippen LogP contribution in [-0.2, 0) is 6.54 Å². The van der Waals surface area contributed by atoms with Crippen LogP contribution in [0.5, 0.6) is 0 Å². The quantitative estimate of drug-likeness (QED) is 0.621. The molecule has 0 fully saturated rings. The van der Waals surface area contributed by atoms with Crippen molar-refractivity contribution >= 4 is 11.6 Å². The number of aryl methyl sites for hydroxylation is 2. The average molecular weight is 277 g/mol. The number of hydrogen-bond acceptors (Lipinski definition) is 2. The van der Waals surface area contributed by atoms with Crippen LogP contribution in [0.1, 0.15) is 18.4 Å². The summed E-state index contributed by atoms with van der Waals surface area (Å²) in [6.07, 6.45) is 3.62. The third-order valence-corrected chi connectivity index (χ3v) is 3.35. The van der Waals surface area contributed by atoms with Crippen LogP contribution in [0, 0.1) is 6.92 Å². The molecule has 0 aliphatic rings. The molecular weight excluding hydrogens is 260 g/mol. The van der Waals surface area contributed by atoms with Gasteiger partial charge in [-0.25, -0.2) is 4.79 Å². The Morgan fingerprint density at radius 2 is 2.00 bits per heavy atom. The normalized spacial score (nSPS) is 10.6. The fraction of sp³-hybridized carbons (Fsp3) is 0.333. The van der Waals surface area contributed by atoms with Gasteiger partial charge in [-0.15, -0.1) is 11.6 Å². The highest BCUT2D eigenvalue weighted by Gasteiger charge is 2.05. The second-order valence-electron chi connectivity index (χ2n) is 4.50. The molecule has 0 spiro atoms. The van der Waals surface area contributed by atoms with E-state index in [0.717, 1.165) is 29.7 Å². The number of halogens is 1. The second kappa shape index (κ2) is 6.53. The number of nitrogens with zero attached hydrogens (tertiary/aromatic N) is 2. The molecule has 0 saturated carbocycles. The highest BCUT2D eigenvalue weighted by atomic mass is 35.5. The highest BCUT2D eigenvalue weighted by Crippen LogP contribution is 2.19.